The summed E-state index contributed by atoms with van der Waals surface area (Å²) in [5, 5.41) is 0. The van der Waals surface area contributed by atoms with E-state index >= 15 is 0 Å². The molecule has 0 aliphatic heterocycles. The predicted octanol–water partition coefficient (Wildman–Crippen LogP) is 3.46. The van der Waals surface area contributed by atoms with Gasteiger partial charge in [0.05, 0.1) is 0 Å². The first-order valence-electron chi connectivity index (χ1n) is 5.50. The van der Waals surface area contributed by atoms with Crippen molar-refractivity contribution in [3.63, 3.8) is 0 Å². The van der Waals surface area contributed by atoms with Crippen molar-refractivity contribution in [3.8, 4) is 0 Å². The summed E-state index contributed by atoms with van der Waals surface area (Å²) >= 11 is 0. The second-order valence-electron chi connectivity index (χ2n) is 4.85. The van der Waals surface area contributed by atoms with E-state index in [4.69, 9.17) is 10.2 Å². The Bertz CT molecular complexity index is 342. The Morgan fingerprint density at radius 1 is 1.40 bits per heavy atom. The lowest BCUT2D eigenvalue weighted by molar-refractivity contribution is 0.385. The summed E-state index contributed by atoms with van der Waals surface area (Å²) in [4.78, 5) is 0. The lowest BCUT2D eigenvalue weighted by Gasteiger charge is -2.13. The Morgan fingerprint density at radius 3 is 2.53 bits per heavy atom. The molecule has 0 amide bonds. The molecule has 2 nitrogen and oxygen atoms in total. The minimum Gasteiger partial charge on any atom is -0.465 e. The summed E-state index contributed by atoms with van der Waals surface area (Å²) in [6.07, 6.45) is 5.53. The monoisotopic (exact) mass is 207 g/mol. The Morgan fingerprint density at radius 2 is 2.07 bits per heavy atom. The van der Waals surface area contributed by atoms with Crippen molar-refractivity contribution in [2.24, 2.45) is 5.73 Å². The molecule has 84 valence electrons. The first-order chi connectivity index (χ1) is 6.99. The molecule has 0 bridgehead atoms. The molecule has 1 rings (SSSR count). The predicted molar refractivity (Wildman–Crippen MR) is 64.6 cm³/mol. The number of furan rings is 1. The Balaban J connectivity index is 3.09. The Hall–Kier alpha value is -1.18. The van der Waals surface area contributed by atoms with Crippen LogP contribution < -0.4 is 5.73 Å². The van der Waals surface area contributed by atoms with Gasteiger partial charge in [-0.2, -0.15) is 0 Å². The summed E-state index contributed by atoms with van der Waals surface area (Å²) in [7, 11) is 0. The fraction of sp³-hybridized carbons (Fsp3) is 0.538. The third kappa shape index (κ3) is 2.88. The fourth-order valence-electron chi connectivity index (χ4n) is 1.48. The molecule has 1 aromatic heterocycles. The normalized spacial score (nSPS) is 12.5. The first kappa shape index (κ1) is 11.9. The highest BCUT2D eigenvalue weighted by Gasteiger charge is 2.20. The minimum atomic E-state index is 0.0587. The van der Waals surface area contributed by atoms with Crippen LogP contribution in [-0.2, 0) is 11.8 Å². The summed E-state index contributed by atoms with van der Waals surface area (Å²) in [6.45, 7) is 8.60. The van der Waals surface area contributed by atoms with Crippen LogP contribution in [0, 0.1) is 0 Å². The number of hydrogen-bond acceptors (Lipinski definition) is 2. The molecule has 1 heterocycles. The zero-order chi connectivity index (χ0) is 11.5. The number of rotatable bonds is 3. The molecule has 0 spiro atoms. The largest absolute Gasteiger partial charge is 0.465 e. The third-order valence-electron chi connectivity index (χ3n) is 2.33. The van der Waals surface area contributed by atoms with Gasteiger partial charge in [-0.15, -0.1) is 0 Å². The number of hydrogen-bond donors (Lipinski definition) is 1. The quantitative estimate of drug-likeness (QED) is 0.824. The van der Waals surface area contributed by atoms with E-state index < -0.39 is 0 Å². The molecule has 0 atom stereocenters. The molecule has 0 aliphatic rings. The van der Waals surface area contributed by atoms with Gasteiger partial charge in [-0.25, -0.2) is 0 Å². The first-order valence-corrected chi connectivity index (χ1v) is 5.50. The van der Waals surface area contributed by atoms with Gasteiger partial charge < -0.3 is 10.2 Å². The van der Waals surface area contributed by atoms with Gasteiger partial charge in [0.2, 0.25) is 0 Å². The van der Waals surface area contributed by atoms with Crippen LogP contribution in [0.5, 0.6) is 0 Å². The van der Waals surface area contributed by atoms with Crippen LogP contribution in [0.1, 0.15) is 51.2 Å². The Labute approximate surface area is 92.2 Å². The van der Waals surface area contributed by atoms with Crippen LogP contribution >= 0.6 is 0 Å². The molecule has 15 heavy (non-hydrogen) atoms. The van der Waals surface area contributed by atoms with Crippen LogP contribution in [0.15, 0.2) is 16.7 Å². The van der Waals surface area contributed by atoms with E-state index in [2.05, 4.69) is 33.8 Å². The number of aryl methyl sites for hydroxylation is 1. The number of nitrogens with two attached hydrogens (primary N) is 1. The molecule has 0 saturated carbocycles. The molecule has 0 aromatic carbocycles. The maximum absolute atomic E-state index is 5.87. The molecule has 2 N–H and O–H groups in total. The van der Waals surface area contributed by atoms with E-state index in [1.165, 1.54) is 0 Å². The van der Waals surface area contributed by atoms with E-state index in [1.54, 1.807) is 6.20 Å². The van der Waals surface area contributed by atoms with E-state index in [9.17, 15) is 0 Å². The van der Waals surface area contributed by atoms with Gasteiger partial charge in [0.1, 0.15) is 11.5 Å². The lowest BCUT2D eigenvalue weighted by atomic mass is 9.93. The van der Waals surface area contributed by atoms with Crippen molar-refractivity contribution in [1.29, 1.82) is 0 Å². The van der Waals surface area contributed by atoms with Crippen molar-refractivity contribution in [2.75, 3.05) is 0 Å². The van der Waals surface area contributed by atoms with Crippen molar-refractivity contribution >= 4 is 6.08 Å². The molecule has 0 aliphatic carbocycles. The minimum absolute atomic E-state index is 0.0587. The highest BCUT2D eigenvalue weighted by molar-refractivity contribution is 5.52. The highest BCUT2D eigenvalue weighted by Crippen LogP contribution is 2.28. The molecular formula is C13H21NO. The molecular weight excluding hydrogens is 186 g/mol. The zero-order valence-corrected chi connectivity index (χ0v) is 10.1. The van der Waals surface area contributed by atoms with Gasteiger partial charge >= 0.3 is 0 Å². The average Bonchev–Trinajstić information content (AvgIpc) is 2.50. The van der Waals surface area contributed by atoms with Crippen molar-refractivity contribution in [1.82, 2.24) is 0 Å². The van der Waals surface area contributed by atoms with E-state index in [1.807, 2.05) is 6.08 Å². The molecule has 1 aromatic rings. The molecule has 0 fully saturated rings. The van der Waals surface area contributed by atoms with Gasteiger partial charge in [0, 0.05) is 17.4 Å². The Kier molecular flexibility index (Phi) is 3.61. The summed E-state index contributed by atoms with van der Waals surface area (Å²) in [5.41, 5.74) is 6.60. The van der Waals surface area contributed by atoms with Crippen molar-refractivity contribution < 1.29 is 4.42 Å². The zero-order valence-electron chi connectivity index (χ0n) is 10.1. The second kappa shape index (κ2) is 4.56. The van der Waals surface area contributed by atoms with Gasteiger partial charge in [-0.05, 0) is 24.8 Å². The van der Waals surface area contributed by atoms with Crippen LogP contribution in [0.3, 0.4) is 0 Å². The van der Waals surface area contributed by atoms with Crippen LogP contribution in [-0.4, -0.2) is 0 Å². The standard InChI is InChI=1S/C13H21NO/c1-5-6-11-10(7-8-14)9-12(15-11)13(2,3)4/h7-9H,5-6,14H2,1-4H3/b8-7-. The maximum atomic E-state index is 5.87. The van der Waals surface area contributed by atoms with Crippen LogP contribution in [0.2, 0.25) is 0 Å². The third-order valence-corrected chi connectivity index (χ3v) is 2.33. The summed E-state index contributed by atoms with van der Waals surface area (Å²) < 4.78 is 5.87. The van der Waals surface area contributed by atoms with Gasteiger partial charge in [0.15, 0.2) is 0 Å². The van der Waals surface area contributed by atoms with E-state index in [0.29, 0.717) is 0 Å². The summed E-state index contributed by atoms with van der Waals surface area (Å²) in [5.74, 6) is 2.07. The van der Waals surface area contributed by atoms with Gasteiger partial charge in [-0.1, -0.05) is 27.7 Å². The topological polar surface area (TPSA) is 39.2 Å². The summed E-state index contributed by atoms with van der Waals surface area (Å²) in [6, 6.07) is 2.09. The maximum Gasteiger partial charge on any atom is 0.111 e. The fourth-order valence-corrected chi connectivity index (χ4v) is 1.48. The van der Waals surface area contributed by atoms with Crippen molar-refractivity contribution in [3.05, 3.63) is 29.4 Å². The van der Waals surface area contributed by atoms with Gasteiger partial charge in [-0.3, -0.25) is 0 Å². The second-order valence-corrected chi connectivity index (χ2v) is 4.85. The van der Waals surface area contributed by atoms with E-state index in [0.717, 1.165) is 29.9 Å². The molecule has 0 radical (unpaired) electrons. The molecule has 2 heteroatoms. The van der Waals surface area contributed by atoms with E-state index in [-0.39, 0.29) is 5.41 Å². The van der Waals surface area contributed by atoms with Gasteiger partial charge in [0.25, 0.3) is 0 Å². The SMILES string of the molecule is CCCc1oc(C(C)(C)C)cc1/C=C\N. The van der Waals surface area contributed by atoms with Crippen LogP contribution in [0.25, 0.3) is 6.08 Å². The highest BCUT2D eigenvalue weighted by atomic mass is 16.3. The smallest absolute Gasteiger partial charge is 0.111 e. The molecule has 0 saturated heterocycles. The lowest BCUT2D eigenvalue weighted by Crippen LogP contribution is -2.09. The average molecular weight is 207 g/mol. The molecule has 0 unspecified atom stereocenters. The van der Waals surface area contributed by atoms with Crippen molar-refractivity contribution in [2.45, 2.75) is 46.0 Å². The van der Waals surface area contributed by atoms with Crippen LogP contribution in [0.4, 0.5) is 0 Å².